The third-order valence-electron chi connectivity index (χ3n) is 2.40. The van der Waals surface area contributed by atoms with Crippen LogP contribution in [0.5, 0.6) is 5.75 Å². The van der Waals surface area contributed by atoms with Gasteiger partial charge in [-0.3, -0.25) is 13.9 Å². The number of nitrogens with one attached hydrogen (secondary N) is 1. The second-order valence-electron chi connectivity index (χ2n) is 4.23. The van der Waals surface area contributed by atoms with Gasteiger partial charge in [-0.1, -0.05) is 11.2 Å². The second-order valence-corrected chi connectivity index (χ2v) is 7.16. The number of carbonyl (C=O) groups is 1. The van der Waals surface area contributed by atoms with E-state index in [2.05, 4.69) is 21.9 Å². The molecule has 1 aromatic rings. The van der Waals surface area contributed by atoms with E-state index in [0.29, 0.717) is 25.5 Å². The van der Waals surface area contributed by atoms with Crippen molar-refractivity contribution < 1.29 is 23.2 Å². The van der Waals surface area contributed by atoms with Crippen molar-refractivity contribution in [3.8, 4) is 5.75 Å². The number of hydrogen-bond donors (Lipinski definition) is 1. The zero-order chi connectivity index (χ0) is 17.8. The van der Waals surface area contributed by atoms with Crippen molar-refractivity contribution in [2.24, 2.45) is 5.16 Å². The minimum absolute atomic E-state index is 0.311. The third kappa shape index (κ3) is 7.70. The Kier molecular flexibility index (Phi) is 9.26. The van der Waals surface area contributed by atoms with E-state index in [-0.39, 0.29) is 0 Å². The predicted molar refractivity (Wildman–Crippen MR) is 96.9 cm³/mol. The molecule has 0 fully saturated rings. The first kappa shape index (κ1) is 20.3. The van der Waals surface area contributed by atoms with Crippen molar-refractivity contribution in [2.45, 2.75) is 13.8 Å². The predicted octanol–water partition coefficient (Wildman–Crippen LogP) is 3.61. The normalized spacial score (nSPS) is 11.2. The molecule has 0 saturated heterocycles. The highest BCUT2D eigenvalue weighted by Gasteiger charge is 2.20. The Morgan fingerprint density at radius 3 is 2.46 bits per heavy atom. The van der Waals surface area contributed by atoms with Gasteiger partial charge in [0.25, 0.3) is 0 Å². The Morgan fingerprint density at radius 2 is 1.92 bits per heavy atom. The van der Waals surface area contributed by atoms with Gasteiger partial charge in [-0.15, -0.1) is 6.58 Å². The molecule has 0 saturated carbocycles. The van der Waals surface area contributed by atoms with Gasteiger partial charge in [0.1, 0.15) is 5.75 Å². The molecule has 0 aliphatic heterocycles. The van der Waals surface area contributed by atoms with E-state index in [0.717, 1.165) is 5.56 Å². The number of benzene rings is 1. The largest absolute Gasteiger partial charge is 0.433 e. The summed E-state index contributed by atoms with van der Waals surface area (Å²) in [6.07, 6.45) is 2.29. The summed E-state index contributed by atoms with van der Waals surface area (Å²) in [5, 5.41) is 6.01. The van der Waals surface area contributed by atoms with Crippen LogP contribution in [0.25, 0.3) is 0 Å². The Hall–Kier alpha value is -1.73. The van der Waals surface area contributed by atoms with Crippen molar-refractivity contribution in [3.63, 3.8) is 0 Å². The maximum absolute atomic E-state index is 11.2. The average Bonchev–Trinajstić information content (AvgIpc) is 2.55. The molecule has 0 atom stereocenters. The smallest absolute Gasteiger partial charge is 0.424 e. The number of oxime groups is 1. The quantitative estimate of drug-likeness (QED) is 0.222. The fraction of sp³-hybridized carbons (Fsp3) is 0.333. The molecule has 0 aromatic heterocycles. The Balaban J connectivity index is 2.60. The van der Waals surface area contributed by atoms with Crippen LogP contribution in [0, 0.1) is 0 Å². The molecule has 9 heteroatoms. The summed E-state index contributed by atoms with van der Waals surface area (Å²) in [6.45, 7) is 5.47. The topological polar surface area (TPSA) is 78.4 Å². The van der Waals surface area contributed by atoms with E-state index in [1.807, 2.05) is 13.8 Å². The first-order valence-corrected chi connectivity index (χ1v) is 9.86. The number of rotatable bonds is 10. The van der Waals surface area contributed by atoms with Crippen molar-refractivity contribution >= 4 is 30.8 Å². The van der Waals surface area contributed by atoms with Crippen LogP contribution in [0.1, 0.15) is 19.4 Å². The number of hydrogen-bond acceptors (Lipinski definition) is 7. The molecular formula is C15H21N2O5PS. The van der Waals surface area contributed by atoms with E-state index >= 15 is 0 Å². The highest BCUT2D eigenvalue weighted by atomic mass is 32.5. The van der Waals surface area contributed by atoms with Crippen LogP contribution in [-0.4, -0.2) is 32.1 Å². The van der Waals surface area contributed by atoms with Crippen molar-refractivity contribution in [1.82, 2.24) is 5.32 Å². The summed E-state index contributed by atoms with van der Waals surface area (Å²) in [6, 6.07) is 6.89. The summed E-state index contributed by atoms with van der Waals surface area (Å²) < 4.78 is 16.5. The van der Waals surface area contributed by atoms with Gasteiger partial charge >= 0.3 is 12.8 Å². The van der Waals surface area contributed by atoms with Crippen LogP contribution in [0.3, 0.4) is 0 Å². The molecule has 0 radical (unpaired) electrons. The molecular weight excluding hydrogens is 351 g/mol. The third-order valence-corrected chi connectivity index (χ3v) is 4.84. The monoisotopic (exact) mass is 372 g/mol. The first-order valence-electron chi connectivity index (χ1n) is 7.31. The zero-order valence-corrected chi connectivity index (χ0v) is 15.3. The van der Waals surface area contributed by atoms with Crippen LogP contribution in [-0.2, 0) is 25.7 Å². The summed E-state index contributed by atoms with van der Waals surface area (Å²) in [5.74, 6) is 0.530. The fourth-order valence-electron chi connectivity index (χ4n) is 1.47. The zero-order valence-electron chi connectivity index (χ0n) is 13.6. The molecule has 0 spiro atoms. The van der Waals surface area contributed by atoms with Gasteiger partial charge in [0.05, 0.1) is 19.4 Å². The van der Waals surface area contributed by atoms with Gasteiger partial charge in [0, 0.05) is 18.4 Å². The lowest BCUT2D eigenvalue weighted by molar-refractivity contribution is 0.152. The van der Waals surface area contributed by atoms with Crippen LogP contribution >= 0.6 is 6.72 Å². The van der Waals surface area contributed by atoms with Gasteiger partial charge in [-0.25, -0.2) is 4.79 Å². The Bertz CT molecular complexity index is 596. The van der Waals surface area contributed by atoms with Crippen LogP contribution < -0.4 is 9.84 Å². The SMILES string of the molecule is C=CCNC(=O)ON=Cc1ccc(OP(=S)(OCC)OCC)cc1. The van der Waals surface area contributed by atoms with Crippen molar-refractivity contribution in [3.05, 3.63) is 42.5 Å². The average molecular weight is 372 g/mol. The molecule has 1 aromatic carbocycles. The lowest BCUT2D eigenvalue weighted by Gasteiger charge is -2.20. The van der Waals surface area contributed by atoms with Crippen molar-refractivity contribution in [1.29, 1.82) is 0 Å². The molecule has 0 heterocycles. The van der Waals surface area contributed by atoms with Gasteiger partial charge in [-0.05, 0) is 43.7 Å². The maximum Gasteiger partial charge on any atom is 0.433 e. The van der Waals surface area contributed by atoms with Crippen LogP contribution in [0.4, 0.5) is 4.79 Å². The lowest BCUT2D eigenvalue weighted by atomic mass is 10.2. The molecule has 0 aliphatic rings. The first-order chi connectivity index (χ1) is 11.5. The van der Waals surface area contributed by atoms with Gasteiger partial charge < -0.3 is 9.84 Å². The van der Waals surface area contributed by atoms with E-state index in [4.69, 9.17) is 25.4 Å². The molecule has 0 bridgehead atoms. The summed E-state index contributed by atoms with van der Waals surface area (Å²) in [4.78, 5) is 15.8. The Morgan fingerprint density at radius 1 is 1.29 bits per heavy atom. The van der Waals surface area contributed by atoms with E-state index in [1.54, 1.807) is 24.3 Å². The van der Waals surface area contributed by atoms with Crippen LogP contribution in [0.15, 0.2) is 42.1 Å². The maximum atomic E-state index is 11.2. The Labute approximate surface area is 146 Å². The van der Waals surface area contributed by atoms with Crippen molar-refractivity contribution in [2.75, 3.05) is 19.8 Å². The highest BCUT2D eigenvalue weighted by molar-refractivity contribution is 8.07. The fourth-order valence-corrected chi connectivity index (χ4v) is 3.56. The minimum atomic E-state index is -2.79. The van der Waals surface area contributed by atoms with E-state index in [1.165, 1.54) is 12.3 Å². The molecule has 7 nitrogen and oxygen atoms in total. The molecule has 1 amide bonds. The number of amides is 1. The molecule has 24 heavy (non-hydrogen) atoms. The molecule has 1 N–H and O–H groups in total. The second kappa shape index (κ2) is 10.9. The minimum Gasteiger partial charge on any atom is -0.424 e. The summed E-state index contributed by atoms with van der Waals surface area (Å²) >= 11 is 5.30. The van der Waals surface area contributed by atoms with Gasteiger partial charge in [0.2, 0.25) is 0 Å². The lowest BCUT2D eigenvalue weighted by Crippen LogP contribution is -2.22. The molecule has 0 unspecified atom stereocenters. The molecule has 0 aliphatic carbocycles. The van der Waals surface area contributed by atoms with Gasteiger partial charge in [0.15, 0.2) is 0 Å². The standard InChI is InChI=1S/C15H21N2O5PS/c1-4-11-16-15(18)21-17-12-13-7-9-14(10-8-13)22-23(24,19-5-2)20-6-3/h4,7-10,12H,1,5-6,11H2,2-3H3,(H,16,18). The number of nitrogens with zero attached hydrogens (tertiary/aromatic N) is 1. The summed E-state index contributed by atoms with van der Waals surface area (Å²) in [7, 11) is 0. The van der Waals surface area contributed by atoms with Gasteiger partial charge in [-0.2, -0.15) is 0 Å². The summed E-state index contributed by atoms with van der Waals surface area (Å²) in [5.41, 5.74) is 0.722. The van der Waals surface area contributed by atoms with E-state index in [9.17, 15) is 4.79 Å². The molecule has 132 valence electrons. The highest BCUT2D eigenvalue weighted by Crippen LogP contribution is 2.49. The molecule has 1 rings (SSSR count). The number of carbonyl (C=O) groups excluding carboxylic acids is 1. The van der Waals surface area contributed by atoms with Crippen LogP contribution in [0.2, 0.25) is 0 Å². The van der Waals surface area contributed by atoms with E-state index < -0.39 is 12.8 Å².